The maximum absolute atomic E-state index is 12.9. The number of fused-ring (bicyclic) bond motifs is 2. The van der Waals surface area contributed by atoms with E-state index in [1.807, 2.05) is 48.7 Å². The standard InChI is InChI=1S/C16H12N4O/c17-16-19-13-5-1-2-7-14(13)20(16)15(21)11-4-3-6-12-10(11)8-9-18-12/h1-9,18H,(H2,17,19). The average Bonchev–Trinajstić information content (AvgIpc) is 3.09. The van der Waals surface area contributed by atoms with Gasteiger partial charge in [0.05, 0.1) is 11.0 Å². The molecule has 2 heterocycles. The molecule has 0 atom stereocenters. The van der Waals surface area contributed by atoms with Crippen molar-refractivity contribution < 1.29 is 4.79 Å². The minimum atomic E-state index is -0.175. The Morgan fingerprint density at radius 3 is 2.86 bits per heavy atom. The number of rotatable bonds is 1. The van der Waals surface area contributed by atoms with Crippen LogP contribution >= 0.6 is 0 Å². The Labute approximate surface area is 120 Å². The molecule has 0 unspecified atom stereocenters. The van der Waals surface area contributed by atoms with E-state index in [9.17, 15) is 4.79 Å². The van der Waals surface area contributed by atoms with Crippen LogP contribution in [-0.4, -0.2) is 20.4 Å². The van der Waals surface area contributed by atoms with Gasteiger partial charge in [0.2, 0.25) is 5.95 Å². The number of nitrogens with one attached hydrogen (secondary N) is 1. The van der Waals surface area contributed by atoms with Gasteiger partial charge in [0.25, 0.3) is 5.91 Å². The van der Waals surface area contributed by atoms with E-state index in [0.717, 1.165) is 10.9 Å². The van der Waals surface area contributed by atoms with E-state index in [4.69, 9.17) is 5.73 Å². The molecular weight excluding hydrogens is 264 g/mol. The molecule has 0 radical (unpaired) electrons. The lowest BCUT2D eigenvalue weighted by Gasteiger charge is -2.06. The van der Waals surface area contributed by atoms with E-state index in [-0.39, 0.29) is 11.9 Å². The zero-order chi connectivity index (χ0) is 14.4. The van der Waals surface area contributed by atoms with Gasteiger partial charge in [-0.05, 0) is 30.3 Å². The van der Waals surface area contributed by atoms with Crippen molar-refractivity contribution in [2.75, 3.05) is 5.73 Å². The smallest absolute Gasteiger partial charge is 0.265 e. The van der Waals surface area contributed by atoms with Gasteiger partial charge in [-0.15, -0.1) is 0 Å². The van der Waals surface area contributed by atoms with Gasteiger partial charge in [0.15, 0.2) is 0 Å². The van der Waals surface area contributed by atoms with Gasteiger partial charge in [-0.2, -0.15) is 0 Å². The number of benzene rings is 2. The second kappa shape index (κ2) is 4.21. The number of nitrogen functional groups attached to an aromatic ring is 1. The number of carbonyl (C=O) groups is 1. The predicted octanol–water partition coefficient (Wildman–Crippen LogP) is 2.79. The molecule has 4 rings (SSSR count). The molecule has 3 N–H and O–H groups in total. The fourth-order valence-corrected chi connectivity index (χ4v) is 2.65. The lowest BCUT2D eigenvalue weighted by molar-refractivity contribution is 0.0968. The molecule has 0 aliphatic rings. The van der Waals surface area contributed by atoms with Gasteiger partial charge in [0.1, 0.15) is 0 Å². The van der Waals surface area contributed by atoms with Gasteiger partial charge in [-0.3, -0.25) is 4.79 Å². The molecule has 0 saturated carbocycles. The third kappa shape index (κ3) is 1.64. The number of anilines is 1. The van der Waals surface area contributed by atoms with Crippen molar-refractivity contribution in [3.05, 3.63) is 60.3 Å². The molecule has 0 fully saturated rings. The SMILES string of the molecule is Nc1nc2ccccc2n1C(=O)c1cccc2[nH]ccc12. The molecule has 0 saturated heterocycles. The van der Waals surface area contributed by atoms with Crippen LogP contribution < -0.4 is 5.73 Å². The van der Waals surface area contributed by atoms with Crippen molar-refractivity contribution in [2.45, 2.75) is 0 Å². The Morgan fingerprint density at radius 1 is 1.10 bits per heavy atom. The van der Waals surface area contributed by atoms with Crippen molar-refractivity contribution in [2.24, 2.45) is 0 Å². The Kier molecular flexibility index (Phi) is 2.35. The summed E-state index contributed by atoms with van der Waals surface area (Å²) in [5, 5.41) is 0.875. The number of aromatic amines is 1. The third-order valence-electron chi connectivity index (χ3n) is 3.62. The molecule has 102 valence electrons. The minimum absolute atomic E-state index is 0.175. The van der Waals surface area contributed by atoms with E-state index < -0.39 is 0 Å². The molecule has 2 aromatic carbocycles. The summed E-state index contributed by atoms with van der Waals surface area (Å²) in [5.74, 6) is 0.0279. The molecule has 0 spiro atoms. The molecular formula is C16H12N4O. The first-order valence-corrected chi connectivity index (χ1v) is 6.59. The minimum Gasteiger partial charge on any atom is -0.369 e. The zero-order valence-electron chi connectivity index (χ0n) is 11.1. The predicted molar refractivity (Wildman–Crippen MR) is 82.2 cm³/mol. The van der Waals surface area contributed by atoms with Crippen LogP contribution in [0.15, 0.2) is 54.7 Å². The molecule has 0 amide bonds. The van der Waals surface area contributed by atoms with Crippen molar-refractivity contribution in [1.82, 2.24) is 14.5 Å². The molecule has 21 heavy (non-hydrogen) atoms. The van der Waals surface area contributed by atoms with Crippen molar-refractivity contribution >= 4 is 33.8 Å². The number of aromatic nitrogens is 3. The van der Waals surface area contributed by atoms with Gasteiger partial charge in [0, 0.05) is 22.7 Å². The lowest BCUT2D eigenvalue weighted by atomic mass is 10.1. The number of nitrogens with zero attached hydrogens (tertiary/aromatic N) is 2. The van der Waals surface area contributed by atoms with Crippen LogP contribution in [0.3, 0.4) is 0 Å². The number of hydrogen-bond donors (Lipinski definition) is 2. The summed E-state index contributed by atoms with van der Waals surface area (Å²) in [4.78, 5) is 20.2. The summed E-state index contributed by atoms with van der Waals surface area (Å²) in [5.41, 5.74) is 8.88. The maximum Gasteiger partial charge on any atom is 0.265 e. The van der Waals surface area contributed by atoms with Gasteiger partial charge in [-0.25, -0.2) is 9.55 Å². The fourth-order valence-electron chi connectivity index (χ4n) is 2.65. The summed E-state index contributed by atoms with van der Waals surface area (Å²) >= 11 is 0. The number of imidazole rings is 1. The quantitative estimate of drug-likeness (QED) is 0.561. The number of nitrogens with two attached hydrogens (primary N) is 1. The van der Waals surface area contributed by atoms with E-state index in [2.05, 4.69) is 9.97 Å². The highest BCUT2D eigenvalue weighted by Crippen LogP contribution is 2.23. The normalized spacial score (nSPS) is 11.2. The Balaban J connectivity index is 1.98. The van der Waals surface area contributed by atoms with Crippen molar-refractivity contribution in [3.8, 4) is 0 Å². The van der Waals surface area contributed by atoms with Crippen LogP contribution in [-0.2, 0) is 0 Å². The highest BCUT2D eigenvalue weighted by Gasteiger charge is 2.18. The first-order valence-electron chi connectivity index (χ1n) is 6.59. The Morgan fingerprint density at radius 2 is 1.95 bits per heavy atom. The van der Waals surface area contributed by atoms with Crippen LogP contribution in [0.5, 0.6) is 0 Å². The number of carbonyl (C=O) groups excluding carboxylic acids is 1. The van der Waals surface area contributed by atoms with Gasteiger partial charge >= 0.3 is 0 Å². The number of hydrogen-bond acceptors (Lipinski definition) is 3. The molecule has 4 aromatic rings. The average molecular weight is 276 g/mol. The Bertz CT molecular complexity index is 980. The molecule has 0 bridgehead atoms. The fraction of sp³-hybridized carbons (Fsp3) is 0. The van der Waals surface area contributed by atoms with Crippen LogP contribution in [0.25, 0.3) is 21.9 Å². The summed E-state index contributed by atoms with van der Waals surface area (Å²) in [6.45, 7) is 0. The van der Waals surface area contributed by atoms with Crippen molar-refractivity contribution in [1.29, 1.82) is 0 Å². The van der Waals surface area contributed by atoms with E-state index in [0.29, 0.717) is 16.6 Å². The summed E-state index contributed by atoms with van der Waals surface area (Å²) in [7, 11) is 0. The van der Waals surface area contributed by atoms with Crippen LogP contribution in [0.4, 0.5) is 5.95 Å². The van der Waals surface area contributed by atoms with Crippen LogP contribution in [0, 0.1) is 0 Å². The Hall–Kier alpha value is -3.08. The van der Waals surface area contributed by atoms with Gasteiger partial charge < -0.3 is 10.7 Å². The third-order valence-corrected chi connectivity index (χ3v) is 3.62. The van der Waals surface area contributed by atoms with Crippen LogP contribution in [0.1, 0.15) is 10.4 Å². The van der Waals surface area contributed by atoms with Gasteiger partial charge in [-0.1, -0.05) is 18.2 Å². The molecule has 0 aliphatic carbocycles. The topological polar surface area (TPSA) is 76.7 Å². The van der Waals surface area contributed by atoms with E-state index >= 15 is 0 Å². The maximum atomic E-state index is 12.9. The van der Waals surface area contributed by atoms with E-state index in [1.54, 1.807) is 6.07 Å². The number of para-hydroxylation sites is 2. The second-order valence-corrected chi connectivity index (χ2v) is 4.84. The number of H-pyrrole nitrogens is 1. The molecule has 0 aliphatic heterocycles. The largest absolute Gasteiger partial charge is 0.369 e. The summed E-state index contributed by atoms with van der Waals surface area (Å²) < 4.78 is 1.46. The molecule has 5 heteroatoms. The highest BCUT2D eigenvalue weighted by molar-refractivity contribution is 6.11. The molecule has 2 aromatic heterocycles. The monoisotopic (exact) mass is 276 g/mol. The van der Waals surface area contributed by atoms with E-state index in [1.165, 1.54) is 4.57 Å². The first kappa shape index (κ1) is 11.7. The van der Waals surface area contributed by atoms with Crippen molar-refractivity contribution in [3.63, 3.8) is 0 Å². The summed E-state index contributed by atoms with van der Waals surface area (Å²) in [6.07, 6.45) is 1.82. The highest BCUT2D eigenvalue weighted by atomic mass is 16.2. The zero-order valence-corrected chi connectivity index (χ0v) is 11.1. The summed E-state index contributed by atoms with van der Waals surface area (Å²) in [6, 6.07) is 14.9. The van der Waals surface area contributed by atoms with Crippen LogP contribution in [0.2, 0.25) is 0 Å². The molecule has 5 nitrogen and oxygen atoms in total. The lowest BCUT2D eigenvalue weighted by Crippen LogP contribution is -2.14. The second-order valence-electron chi connectivity index (χ2n) is 4.84. The first-order chi connectivity index (χ1) is 10.3.